The topological polar surface area (TPSA) is 75.6 Å². The van der Waals surface area contributed by atoms with Crippen LogP contribution in [0.1, 0.15) is 51.4 Å². The van der Waals surface area contributed by atoms with Gasteiger partial charge >= 0.3 is 5.97 Å². The molecule has 5 heteroatoms. The minimum Gasteiger partial charge on any atom is -0.490 e. The van der Waals surface area contributed by atoms with Crippen LogP contribution in [0.3, 0.4) is 0 Å². The molecule has 5 nitrogen and oxygen atoms in total. The Bertz CT molecular complexity index is 588. The standard InChI is InChI=1S/C18H23NO4/c20-16(12-18(17(21)22)9-4-10-18)19-13-5-3-8-15(11-13)23-14-6-1-2-7-14/h3,5,8,11,14H,1-2,4,6-7,9-10,12H2,(H,19,20)(H,21,22). The van der Waals surface area contributed by atoms with Crippen LogP contribution in [-0.2, 0) is 9.59 Å². The van der Waals surface area contributed by atoms with Gasteiger partial charge in [-0.3, -0.25) is 9.59 Å². The smallest absolute Gasteiger partial charge is 0.310 e. The van der Waals surface area contributed by atoms with Gasteiger partial charge in [-0.05, 0) is 50.7 Å². The summed E-state index contributed by atoms with van der Waals surface area (Å²) in [5.41, 5.74) is -0.201. The van der Waals surface area contributed by atoms with E-state index < -0.39 is 11.4 Å². The summed E-state index contributed by atoms with van der Waals surface area (Å²) in [6.45, 7) is 0. The number of ether oxygens (including phenoxy) is 1. The van der Waals surface area contributed by atoms with E-state index in [1.54, 1.807) is 6.07 Å². The van der Waals surface area contributed by atoms with Crippen LogP contribution in [0.2, 0.25) is 0 Å². The Labute approximate surface area is 136 Å². The molecule has 1 amide bonds. The minimum absolute atomic E-state index is 0.0377. The molecule has 0 bridgehead atoms. The molecular formula is C18H23NO4. The molecule has 0 saturated heterocycles. The second kappa shape index (κ2) is 6.60. The fraction of sp³-hybridized carbons (Fsp3) is 0.556. The zero-order chi connectivity index (χ0) is 16.3. The molecule has 0 radical (unpaired) electrons. The Kier molecular flexibility index (Phi) is 4.55. The highest BCUT2D eigenvalue weighted by Crippen LogP contribution is 2.44. The van der Waals surface area contributed by atoms with Crippen LogP contribution in [0.15, 0.2) is 24.3 Å². The lowest BCUT2D eigenvalue weighted by Gasteiger charge is -2.36. The number of carbonyl (C=O) groups is 2. The second-order valence-corrected chi connectivity index (χ2v) is 6.72. The number of carboxylic acid groups (broad SMARTS) is 1. The SMILES string of the molecule is O=C(CC1(C(=O)O)CCC1)Nc1cccc(OC2CCCC2)c1. The van der Waals surface area contributed by atoms with Crippen molar-refractivity contribution in [2.45, 2.75) is 57.5 Å². The number of hydrogen-bond acceptors (Lipinski definition) is 3. The third-order valence-electron chi connectivity index (χ3n) is 4.99. The highest BCUT2D eigenvalue weighted by atomic mass is 16.5. The molecule has 2 fully saturated rings. The van der Waals surface area contributed by atoms with Gasteiger partial charge in [-0.1, -0.05) is 12.5 Å². The van der Waals surface area contributed by atoms with Crippen molar-refractivity contribution in [1.82, 2.24) is 0 Å². The van der Waals surface area contributed by atoms with Crippen molar-refractivity contribution in [2.24, 2.45) is 5.41 Å². The van der Waals surface area contributed by atoms with E-state index >= 15 is 0 Å². The van der Waals surface area contributed by atoms with Crippen LogP contribution >= 0.6 is 0 Å². The number of amides is 1. The molecule has 2 aliphatic rings. The monoisotopic (exact) mass is 317 g/mol. The molecule has 124 valence electrons. The lowest BCUT2D eigenvalue weighted by Crippen LogP contribution is -2.41. The van der Waals surface area contributed by atoms with Gasteiger partial charge in [0.2, 0.25) is 5.91 Å². The molecule has 0 unspecified atom stereocenters. The zero-order valence-corrected chi connectivity index (χ0v) is 13.2. The average molecular weight is 317 g/mol. The van der Waals surface area contributed by atoms with Gasteiger partial charge in [-0.15, -0.1) is 0 Å². The van der Waals surface area contributed by atoms with Crippen molar-refractivity contribution in [3.05, 3.63) is 24.3 Å². The Balaban J connectivity index is 1.58. The van der Waals surface area contributed by atoms with Gasteiger partial charge in [0.05, 0.1) is 11.5 Å². The first-order valence-corrected chi connectivity index (χ1v) is 8.37. The molecule has 1 aromatic carbocycles. The molecule has 0 spiro atoms. The van der Waals surface area contributed by atoms with Gasteiger partial charge in [0.15, 0.2) is 0 Å². The van der Waals surface area contributed by atoms with Crippen molar-refractivity contribution in [3.63, 3.8) is 0 Å². The molecule has 0 heterocycles. The van der Waals surface area contributed by atoms with E-state index in [-0.39, 0.29) is 18.4 Å². The Morgan fingerprint density at radius 1 is 1.22 bits per heavy atom. The predicted molar refractivity (Wildman–Crippen MR) is 86.5 cm³/mol. The van der Waals surface area contributed by atoms with Gasteiger partial charge in [0.25, 0.3) is 0 Å². The highest BCUT2D eigenvalue weighted by Gasteiger charge is 2.45. The van der Waals surface area contributed by atoms with E-state index in [4.69, 9.17) is 4.74 Å². The first-order chi connectivity index (χ1) is 11.1. The number of hydrogen-bond donors (Lipinski definition) is 2. The first kappa shape index (κ1) is 15.8. The van der Waals surface area contributed by atoms with Crippen LogP contribution < -0.4 is 10.1 Å². The second-order valence-electron chi connectivity index (χ2n) is 6.72. The molecular weight excluding hydrogens is 294 g/mol. The lowest BCUT2D eigenvalue weighted by atomic mass is 9.66. The maximum atomic E-state index is 12.2. The van der Waals surface area contributed by atoms with E-state index in [0.717, 1.165) is 25.0 Å². The van der Waals surface area contributed by atoms with Gasteiger partial charge in [-0.2, -0.15) is 0 Å². The van der Waals surface area contributed by atoms with Gasteiger partial charge in [0, 0.05) is 18.2 Å². The number of carboxylic acids is 1. The summed E-state index contributed by atoms with van der Waals surface area (Å²) < 4.78 is 5.92. The van der Waals surface area contributed by atoms with E-state index in [1.807, 2.05) is 18.2 Å². The van der Waals surface area contributed by atoms with Crippen molar-refractivity contribution >= 4 is 17.6 Å². The third-order valence-corrected chi connectivity index (χ3v) is 4.99. The predicted octanol–water partition coefficient (Wildman–Crippen LogP) is 3.59. The van der Waals surface area contributed by atoms with Crippen molar-refractivity contribution in [2.75, 3.05) is 5.32 Å². The zero-order valence-electron chi connectivity index (χ0n) is 13.2. The highest BCUT2D eigenvalue weighted by molar-refractivity contribution is 5.94. The molecule has 2 saturated carbocycles. The number of nitrogens with one attached hydrogen (secondary N) is 1. The number of benzene rings is 1. The number of aliphatic carboxylic acids is 1. The normalized spacial score (nSPS) is 19.8. The number of carbonyl (C=O) groups excluding carboxylic acids is 1. The summed E-state index contributed by atoms with van der Waals surface area (Å²) in [7, 11) is 0. The van der Waals surface area contributed by atoms with E-state index in [2.05, 4.69) is 5.32 Å². The van der Waals surface area contributed by atoms with Crippen LogP contribution in [-0.4, -0.2) is 23.1 Å². The molecule has 3 rings (SSSR count). The molecule has 2 N–H and O–H groups in total. The van der Waals surface area contributed by atoms with Crippen molar-refractivity contribution in [1.29, 1.82) is 0 Å². The van der Waals surface area contributed by atoms with E-state index in [9.17, 15) is 14.7 Å². The van der Waals surface area contributed by atoms with E-state index in [0.29, 0.717) is 18.5 Å². The summed E-state index contributed by atoms with van der Waals surface area (Å²) in [5.74, 6) is -0.353. The Morgan fingerprint density at radius 3 is 2.57 bits per heavy atom. The number of rotatable bonds is 6. The first-order valence-electron chi connectivity index (χ1n) is 8.37. The van der Waals surface area contributed by atoms with Crippen molar-refractivity contribution < 1.29 is 19.4 Å². The summed E-state index contributed by atoms with van der Waals surface area (Å²) in [4.78, 5) is 23.5. The lowest BCUT2D eigenvalue weighted by molar-refractivity contribution is -0.157. The molecule has 2 aliphatic carbocycles. The average Bonchev–Trinajstić information content (AvgIpc) is 2.95. The molecule has 0 aliphatic heterocycles. The Morgan fingerprint density at radius 2 is 1.96 bits per heavy atom. The molecule has 0 aromatic heterocycles. The van der Waals surface area contributed by atoms with Gasteiger partial charge in [-0.25, -0.2) is 0 Å². The van der Waals surface area contributed by atoms with Crippen LogP contribution in [0, 0.1) is 5.41 Å². The molecule has 23 heavy (non-hydrogen) atoms. The maximum Gasteiger partial charge on any atom is 0.310 e. The van der Waals surface area contributed by atoms with Gasteiger partial charge in [0.1, 0.15) is 5.75 Å². The van der Waals surface area contributed by atoms with E-state index in [1.165, 1.54) is 12.8 Å². The molecule has 1 aromatic rings. The van der Waals surface area contributed by atoms with Crippen LogP contribution in [0.5, 0.6) is 5.75 Å². The fourth-order valence-corrected chi connectivity index (χ4v) is 3.43. The molecule has 0 atom stereocenters. The third kappa shape index (κ3) is 3.66. The summed E-state index contributed by atoms with van der Waals surface area (Å²) in [6.07, 6.45) is 6.93. The largest absolute Gasteiger partial charge is 0.490 e. The minimum atomic E-state index is -0.864. The Hall–Kier alpha value is -2.04. The quantitative estimate of drug-likeness (QED) is 0.840. The van der Waals surface area contributed by atoms with Crippen LogP contribution in [0.25, 0.3) is 0 Å². The van der Waals surface area contributed by atoms with Crippen molar-refractivity contribution in [3.8, 4) is 5.75 Å². The maximum absolute atomic E-state index is 12.2. The summed E-state index contributed by atoms with van der Waals surface area (Å²) in [6, 6.07) is 7.34. The van der Waals surface area contributed by atoms with Crippen LogP contribution in [0.4, 0.5) is 5.69 Å². The fourth-order valence-electron chi connectivity index (χ4n) is 3.43. The summed E-state index contributed by atoms with van der Waals surface area (Å²) in [5, 5.41) is 12.1. The summed E-state index contributed by atoms with van der Waals surface area (Å²) >= 11 is 0. The number of anilines is 1. The van der Waals surface area contributed by atoms with Gasteiger partial charge < -0.3 is 15.2 Å².